The van der Waals surface area contributed by atoms with Crippen LogP contribution in [0.4, 0.5) is 0 Å². The minimum absolute atomic E-state index is 0.278. The van der Waals surface area contributed by atoms with Gasteiger partial charge in [-0.15, -0.1) is 11.3 Å². The van der Waals surface area contributed by atoms with E-state index >= 15 is 0 Å². The normalized spacial score (nSPS) is 24.1. The van der Waals surface area contributed by atoms with Crippen molar-refractivity contribution >= 4 is 31.3 Å². The summed E-state index contributed by atoms with van der Waals surface area (Å²) in [5.74, 6) is 0. The third-order valence-electron chi connectivity index (χ3n) is 3.75. The number of thiophene rings is 1. The average Bonchev–Trinajstić information content (AvgIpc) is 2.78. The second kappa shape index (κ2) is 4.45. The smallest absolute Gasteiger partial charge is 0.299 e. The predicted molar refractivity (Wildman–Crippen MR) is 71.2 cm³/mol. The number of hydrogen-bond acceptors (Lipinski definition) is 4. The lowest BCUT2D eigenvalue weighted by Gasteiger charge is -2.42. The molecule has 100 valence electrons. The maximum atomic E-state index is 11.3. The van der Waals surface area contributed by atoms with Gasteiger partial charge in [0.25, 0.3) is 9.24 Å². The molecule has 3 rings (SSSR count). The topological polar surface area (TPSA) is 46.6 Å². The third-order valence-corrected chi connectivity index (χ3v) is 6.46. The highest BCUT2D eigenvalue weighted by atomic mass is 35.7. The maximum Gasteiger partial charge on any atom is 0.299 e. The molecular formula is C11H14ClNO3S2. The first-order chi connectivity index (χ1) is 8.51. The summed E-state index contributed by atoms with van der Waals surface area (Å²) in [6.07, 6.45) is 2.33. The highest BCUT2D eigenvalue weighted by molar-refractivity contribution is 8.11. The summed E-state index contributed by atoms with van der Waals surface area (Å²) in [6.45, 7) is 1.59. The monoisotopic (exact) mass is 307 g/mol. The molecule has 0 atom stereocenters. The third kappa shape index (κ3) is 2.10. The van der Waals surface area contributed by atoms with Gasteiger partial charge in [-0.25, -0.2) is 0 Å². The molecule has 1 aromatic heterocycles. The number of rotatable bonds is 1. The van der Waals surface area contributed by atoms with Crippen molar-refractivity contribution in [3.8, 4) is 0 Å². The molecular weight excluding hydrogens is 294 g/mol. The standard InChI is InChI=1S/C11H14ClNO3S2/c12-18(14,15)13-5-3-11(4-6-13)10-9(1-7-16-11)2-8-17-10/h2,8H,1,3-7H2. The van der Waals surface area contributed by atoms with Crippen LogP contribution in [-0.4, -0.2) is 32.4 Å². The zero-order valence-corrected chi connectivity index (χ0v) is 12.2. The molecule has 0 radical (unpaired) electrons. The number of nitrogens with zero attached hydrogens (tertiary/aromatic N) is 1. The summed E-state index contributed by atoms with van der Waals surface area (Å²) in [5, 5.41) is 2.09. The highest BCUT2D eigenvalue weighted by Crippen LogP contribution is 2.44. The number of hydrogen-bond donors (Lipinski definition) is 0. The van der Waals surface area contributed by atoms with Crippen LogP contribution in [0, 0.1) is 0 Å². The fourth-order valence-corrected chi connectivity index (χ4v) is 4.99. The maximum absolute atomic E-state index is 11.3. The molecule has 0 bridgehead atoms. The van der Waals surface area contributed by atoms with Crippen LogP contribution >= 0.6 is 22.0 Å². The number of fused-ring (bicyclic) bond motifs is 2. The van der Waals surface area contributed by atoms with Gasteiger partial charge >= 0.3 is 0 Å². The van der Waals surface area contributed by atoms with E-state index in [0.717, 1.165) is 13.0 Å². The summed E-state index contributed by atoms with van der Waals surface area (Å²) in [5.41, 5.74) is 1.08. The van der Waals surface area contributed by atoms with Gasteiger partial charge in [-0.3, -0.25) is 0 Å². The Morgan fingerprint density at radius 1 is 1.39 bits per heavy atom. The lowest BCUT2D eigenvalue weighted by molar-refractivity contribution is -0.0860. The van der Waals surface area contributed by atoms with Crippen molar-refractivity contribution in [3.05, 3.63) is 21.9 Å². The predicted octanol–water partition coefficient (Wildman–Crippen LogP) is 2.10. The summed E-state index contributed by atoms with van der Waals surface area (Å²) < 4.78 is 29.9. The Kier molecular flexibility index (Phi) is 3.18. The summed E-state index contributed by atoms with van der Waals surface area (Å²) in [4.78, 5) is 1.28. The molecule has 0 aromatic carbocycles. The molecule has 0 N–H and O–H groups in total. The van der Waals surface area contributed by atoms with Gasteiger partial charge in [0.1, 0.15) is 5.60 Å². The zero-order chi connectivity index (χ0) is 12.8. The van der Waals surface area contributed by atoms with E-state index in [-0.39, 0.29) is 5.60 Å². The van der Waals surface area contributed by atoms with Crippen LogP contribution in [0.3, 0.4) is 0 Å². The fraction of sp³-hybridized carbons (Fsp3) is 0.636. The van der Waals surface area contributed by atoms with E-state index in [1.54, 1.807) is 11.3 Å². The van der Waals surface area contributed by atoms with Crippen molar-refractivity contribution in [1.29, 1.82) is 0 Å². The van der Waals surface area contributed by atoms with E-state index in [1.807, 2.05) is 0 Å². The largest absolute Gasteiger partial charge is 0.369 e. The van der Waals surface area contributed by atoms with Crippen molar-refractivity contribution in [1.82, 2.24) is 4.31 Å². The molecule has 7 heteroatoms. The molecule has 1 spiro atoms. The first kappa shape index (κ1) is 12.9. The molecule has 4 nitrogen and oxygen atoms in total. The van der Waals surface area contributed by atoms with Crippen LogP contribution in [0.15, 0.2) is 11.4 Å². The van der Waals surface area contributed by atoms with Crippen molar-refractivity contribution in [2.75, 3.05) is 19.7 Å². The lowest BCUT2D eigenvalue weighted by atomic mass is 9.86. The van der Waals surface area contributed by atoms with E-state index in [4.69, 9.17) is 15.4 Å². The Bertz CT molecular complexity index is 546. The van der Waals surface area contributed by atoms with Crippen LogP contribution in [-0.2, 0) is 26.0 Å². The van der Waals surface area contributed by atoms with Gasteiger partial charge in [0.15, 0.2) is 0 Å². The molecule has 0 amide bonds. The van der Waals surface area contributed by atoms with E-state index in [1.165, 1.54) is 14.7 Å². The zero-order valence-electron chi connectivity index (χ0n) is 9.76. The summed E-state index contributed by atoms with van der Waals surface area (Å²) >= 11 is 1.71. The van der Waals surface area contributed by atoms with E-state index in [0.29, 0.717) is 25.9 Å². The van der Waals surface area contributed by atoms with Crippen LogP contribution in [0.25, 0.3) is 0 Å². The molecule has 0 saturated carbocycles. The Hall–Kier alpha value is -0.140. The molecule has 3 heterocycles. The second-order valence-electron chi connectivity index (χ2n) is 4.71. The molecule has 1 fully saturated rings. The summed E-state index contributed by atoms with van der Waals surface area (Å²) in [6, 6.07) is 2.15. The minimum Gasteiger partial charge on any atom is -0.369 e. The van der Waals surface area contributed by atoms with Crippen molar-refractivity contribution < 1.29 is 13.2 Å². The van der Waals surface area contributed by atoms with E-state index in [2.05, 4.69) is 11.4 Å². The Morgan fingerprint density at radius 2 is 2.11 bits per heavy atom. The van der Waals surface area contributed by atoms with Crippen LogP contribution in [0.5, 0.6) is 0 Å². The van der Waals surface area contributed by atoms with Crippen LogP contribution < -0.4 is 0 Å². The van der Waals surface area contributed by atoms with E-state index < -0.39 is 9.24 Å². The molecule has 0 unspecified atom stereocenters. The van der Waals surface area contributed by atoms with Gasteiger partial charge in [0.05, 0.1) is 6.61 Å². The molecule has 2 aliphatic rings. The van der Waals surface area contributed by atoms with E-state index in [9.17, 15) is 8.42 Å². The van der Waals surface area contributed by atoms with Crippen LogP contribution in [0.2, 0.25) is 0 Å². The Morgan fingerprint density at radius 3 is 2.78 bits per heavy atom. The molecule has 1 aromatic rings. The van der Waals surface area contributed by atoms with Gasteiger partial charge < -0.3 is 4.74 Å². The Labute approximate surface area is 115 Å². The van der Waals surface area contributed by atoms with Crippen molar-refractivity contribution in [2.24, 2.45) is 0 Å². The van der Waals surface area contributed by atoms with Crippen molar-refractivity contribution in [3.63, 3.8) is 0 Å². The van der Waals surface area contributed by atoms with Gasteiger partial charge in [-0.05, 0) is 36.3 Å². The van der Waals surface area contributed by atoms with Crippen molar-refractivity contribution in [2.45, 2.75) is 24.9 Å². The van der Waals surface area contributed by atoms with Gasteiger partial charge in [-0.1, -0.05) is 0 Å². The van der Waals surface area contributed by atoms with Gasteiger partial charge in [0.2, 0.25) is 0 Å². The van der Waals surface area contributed by atoms with Crippen LogP contribution in [0.1, 0.15) is 23.3 Å². The average molecular weight is 308 g/mol. The number of piperidine rings is 1. The summed E-state index contributed by atoms with van der Waals surface area (Å²) in [7, 11) is 1.79. The first-order valence-corrected chi connectivity index (χ1v) is 9.06. The number of halogens is 1. The lowest BCUT2D eigenvalue weighted by Crippen LogP contribution is -2.46. The second-order valence-corrected chi connectivity index (χ2v) is 8.14. The highest BCUT2D eigenvalue weighted by Gasteiger charge is 2.43. The quantitative estimate of drug-likeness (QED) is 0.746. The SMILES string of the molecule is O=S(=O)(Cl)N1CCC2(CC1)OCCc1ccsc12. The Balaban J connectivity index is 1.85. The number of ether oxygens (including phenoxy) is 1. The minimum atomic E-state index is -3.59. The molecule has 1 saturated heterocycles. The molecule has 0 aliphatic carbocycles. The molecule has 2 aliphatic heterocycles. The molecule has 18 heavy (non-hydrogen) atoms. The first-order valence-electron chi connectivity index (χ1n) is 5.92. The fourth-order valence-electron chi connectivity index (χ4n) is 2.79. The van der Waals surface area contributed by atoms with Gasteiger partial charge in [-0.2, -0.15) is 12.7 Å². The van der Waals surface area contributed by atoms with Gasteiger partial charge in [0, 0.05) is 28.6 Å².